The minimum Gasteiger partial charge on any atom is -0.477 e. The van der Waals surface area contributed by atoms with Crippen molar-refractivity contribution in [2.75, 3.05) is 11.9 Å². The van der Waals surface area contributed by atoms with Gasteiger partial charge in [-0.05, 0) is 43.2 Å². The molecule has 132 valence electrons. The number of carbonyl (C=O) groups is 2. The Morgan fingerprint density at radius 1 is 1.00 bits per heavy atom. The summed E-state index contributed by atoms with van der Waals surface area (Å²) in [6.45, 7) is 3.93. The Morgan fingerprint density at radius 2 is 1.65 bits per heavy atom. The van der Waals surface area contributed by atoms with Gasteiger partial charge in [-0.2, -0.15) is 0 Å². The van der Waals surface area contributed by atoms with E-state index >= 15 is 0 Å². The largest absolute Gasteiger partial charge is 0.477 e. The molecule has 0 fully saturated rings. The van der Waals surface area contributed by atoms with Gasteiger partial charge in [0.1, 0.15) is 4.88 Å². The molecule has 0 radical (unpaired) electrons. The van der Waals surface area contributed by atoms with Crippen LogP contribution in [0, 0.1) is 13.8 Å². The normalized spacial score (nSPS) is 10.6. The molecule has 0 aliphatic carbocycles. The molecule has 0 aliphatic rings. The molecule has 0 aliphatic heterocycles. The van der Waals surface area contributed by atoms with Gasteiger partial charge in [0.15, 0.2) is 0 Å². The molecule has 4 nitrogen and oxygen atoms in total. The lowest BCUT2D eigenvalue weighted by atomic mass is 10.1. The van der Waals surface area contributed by atoms with Gasteiger partial charge in [-0.25, -0.2) is 4.79 Å². The molecule has 0 bridgehead atoms. The van der Waals surface area contributed by atoms with Gasteiger partial charge in [-0.1, -0.05) is 42.0 Å². The van der Waals surface area contributed by atoms with Gasteiger partial charge in [0.05, 0.1) is 5.69 Å². The number of carboxylic acids is 1. The molecule has 1 N–H and O–H groups in total. The van der Waals surface area contributed by atoms with E-state index in [2.05, 4.69) is 0 Å². The number of carbonyl (C=O) groups excluding carboxylic acids is 1. The summed E-state index contributed by atoms with van der Waals surface area (Å²) >= 11 is 1.18. The first kappa shape index (κ1) is 17.9. The van der Waals surface area contributed by atoms with Gasteiger partial charge in [-0.15, -0.1) is 11.3 Å². The third-order valence-corrected chi connectivity index (χ3v) is 5.43. The Balaban J connectivity index is 2.03. The fourth-order valence-electron chi connectivity index (χ4n) is 2.77. The number of rotatable bonds is 4. The number of carboxylic acid groups (broad SMARTS) is 1. The zero-order chi connectivity index (χ0) is 18.8. The van der Waals surface area contributed by atoms with E-state index in [1.807, 2.05) is 50.2 Å². The summed E-state index contributed by atoms with van der Waals surface area (Å²) in [4.78, 5) is 26.9. The number of nitrogens with zero attached hydrogens (tertiary/aromatic N) is 1. The van der Waals surface area contributed by atoms with Crippen LogP contribution in [0.5, 0.6) is 0 Å². The standard InChI is InChI=1S/C21H19NO3S/c1-13-8-10-15(11-9-13)20(23)22(3)17-12-18(26-19(17)21(24)25)16-7-5-4-6-14(16)2/h4-12H,1-3H3,(H,24,25). The number of anilines is 1. The average molecular weight is 365 g/mol. The van der Waals surface area contributed by atoms with Crippen LogP contribution >= 0.6 is 11.3 Å². The highest BCUT2D eigenvalue weighted by molar-refractivity contribution is 7.18. The SMILES string of the molecule is Cc1ccc(C(=O)N(C)c2cc(-c3ccccc3C)sc2C(=O)O)cc1. The van der Waals surface area contributed by atoms with Crippen molar-refractivity contribution in [2.45, 2.75) is 13.8 Å². The van der Waals surface area contributed by atoms with Crippen molar-refractivity contribution in [1.82, 2.24) is 0 Å². The van der Waals surface area contributed by atoms with Crippen LogP contribution in [0.3, 0.4) is 0 Å². The van der Waals surface area contributed by atoms with E-state index < -0.39 is 5.97 Å². The maximum Gasteiger partial charge on any atom is 0.348 e. The summed E-state index contributed by atoms with van der Waals surface area (Å²) in [6.07, 6.45) is 0. The molecule has 0 spiro atoms. The van der Waals surface area contributed by atoms with Crippen molar-refractivity contribution in [2.24, 2.45) is 0 Å². The number of amides is 1. The molecule has 0 unspecified atom stereocenters. The Bertz CT molecular complexity index is 973. The van der Waals surface area contributed by atoms with Crippen LogP contribution in [0.25, 0.3) is 10.4 Å². The molecule has 1 amide bonds. The van der Waals surface area contributed by atoms with Gasteiger partial charge in [0, 0.05) is 17.5 Å². The Morgan fingerprint density at radius 3 is 2.27 bits per heavy atom. The predicted octanol–water partition coefficient (Wildman–Crippen LogP) is 5.01. The number of benzene rings is 2. The van der Waals surface area contributed by atoms with Crippen LogP contribution < -0.4 is 4.90 Å². The molecule has 0 atom stereocenters. The van der Waals surface area contributed by atoms with Crippen molar-refractivity contribution >= 4 is 28.9 Å². The Kier molecular flexibility index (Phi) is 4.91. The number of aryl methyl sites for hydroxylation is 2. The topological polar surface area (TPSA) is 57.6 Å². The number of hydrogen-bond donors (Lipinski definition) is 1. The van der Waals surface area contributed by atoms with Gasteiger partial charge < -0.3 is 10.0 Å². The van der Waals surface area contributed by atoms with Gasteiger partial charge >= 0.3 is 5.97 Å². The highest BCUT2D eigenvalue weighted by Crippen LogP contribution is 2.38. The quantitative estimate of drug-likeness (QED) is 0.707. The van der Waals surface area contributed by atoms with Gasteiger partial charge in [0.25, 0.3) is 5.91 Å². The van der Waals surface area contributed by atoms with Crippen LogP contribution in [0.4, 0.5) is 5.69 Å². The first-order valence-corrected chi connectivity index (χ1v) is 8.98. The zero-order valence-electron chi connectivity index (χ0n) is 14.8. The predicted molar refractivity (Wildman–Crippen MR) is 105 cm³/mol. The van der Waals surface area contributed by atoms with E-state index in [1.54, 1.807) is 25.2 Å². The number of aromatic carboxylic acids is 1. The van der Waals surface area contributed by atoms with E-state index in [-0.39, 0.29) is 10.8 Å². The monoisotopic (exact) mass is 365 g/mol. The second kappa shape index (κ2) is 7.14. The van der Waals surface area contributed by atoms with Crippen LogP contribution in [-0.2, 0) is 0 Å². The minimum absolute atomic E-state index is 0.159. The zero-order valence-corrected chi connectivity index (χ0v) is 15.6. The summed E-state index contributed by atoms with van der Waals surface area (Å²) in [5.41, 5.74) is 4.03. The summed E-state index contributed by atoms with van der Waals surface area (Å²) in [7, 11) is 1.61. The van der Waals surface area contributed by atoms with E-state index in [4.69, 9.17) is 0 Å². The molecular weight excluding hydrogens is 346 g/mol. The lowest BCUT2D eigenvalue weighted by Gasteiger charge is -2.17. The molecule has 1 heterocycles. The van der Waals surface area contributed by atoms with Crippen LogP contribution in [0.2, 0.25) is 0 Å². The molecule has 26 heavy (non-hydrogen) atoms. The maximum atomic E-state index is 12.8. The first-order valence-electron chi connectivity index (χ1n) is 8.16. The highest BCUT2D eigenvalue weighted by Gasteiger charge is 2.23. The van der Waals surface area contributed by atoms with Crippen LogP contribution in [-0.4, -0.2) is 24.0 Å². The highest BCUT2D eigenvalue weighted by atomic mass is 32.1. The average Bonchev–Trinajstić information content (AvgIpc) is 3.07. The number of hydrogen-bond acceptors (Lipinski definition) is 3. The van der Waals surface area contributed by atoms with Crippen molar-refractivity contribution in [3.8, 4) is 10.4 Å². The van der Waals surface area contributed by atoms with E-state index in [0.29, 0.717) is 11.3 Å². The Labute approximate surface area is 156 Å². The molecular formula is C21H19NO3S. The first-order chi connectivity index (χ1) is 12.4. The van der Waals surface area contributed by atoms with Gasteiger partial charge in [0.2, 0.25) is 0 Å². The summed E-state index contributed by atoms with van der Waals surface area (Å²) in [6, 6.07) is 16.8. The van der Waals surface area contributed by atoms with Crippen LogP contribution in [0.1, 0.15) is 31.2 Å². The van der Waals surface area contributed by atoms with Crippen molar-refractivity contribution in [3.05, 3.63) is 76.2 Å². The van der Waals surface area contributed by atoms with E-state index in [0.717, 1.165) is 21.6 Å². The van der Waals surface area contributed by atoms with Crippen molar-refractivity contribution in [3.63, 3.8) is 0 Å². The second-order valence-corrected chi connectivity index (χ2v) is 7.23. The third-order valence-electron chi connectivity index (χ3n) is 4.28. The molecule has 2 aromatic carbocycles. The fraction of sp³-hybridized carbons (Fsp3) is 0.143. The molecule has 5 heteroatoms. The Hall–Kier alpha value is -2.92. The van der Waals surface area contributed by atoms with Crippen molar-refractivity contribution < 1.29 is 14.7 Å². The maximum absolute atomic E-state index is 12.8. The number of thiophene rings is 1. The van der Waals surface area contributed by atoms with Crippen molar-refractivity contribution in [1.29, 1.82) is 0 Å². The lowest BCUT2D eigenvalue weighted by molar-refractivity contribution is 0.0703. The summed E-state index contributed by atoms with van der Waals surface area (Å²) in [5.74, 6) is -1.27. The second-order valence-electron chi connectivity index (χ2n) is 6.18. The van der Waals surface area contributed by atoms with Gasteiger partial charge in [-0.3, -0.25) is 4.79 Å². The third kappa shape index (κ3) is 3.39. The lowest BCUT2D eigenvalue weighted by Crippen LogP contribution is -2.27. The van der Waals surface area contributed by atoms with E-state index in [9.17, 15) is 14.7 Å². The molecule has 0 saturated heterocycles. The van der Waals surface area contributed by atoms with Crippen LogP contribution in [0.15, 0.2) is 54.6 Å². The summed E-state index contributed by atoms with van der Waals surface area (Å²) < 4.78 is 0. The molecule has 1 aromatic heterocycles. The molecule has 3 aromatic rings. The molecule has 0 saturated carbocycles. The smallest absolute Gasteiger partial charge is 0.348 e. The summed E-state index contributed by atoms with van der Waals surface area (Å²) in [5, 5.41) is 9.61. The fourth-order valence-corrected chi connectivity index (χ4v) is 3.88. The van der Waals surface area contributed by atoms with E-state index in [1.165, 1.54) is 16.2 Å². The minimum atomic E-state index is -1.03. The molecule has 3 rings (SSSR count).